The van der Waals surface area contributed by atoms with Crippen molar-refractivity contribution in [3.63, 3.8) is 0 Å². The van der Waals surface area contributed by atoms with E-state index in [9.17, 15) is 9.90 Å². The van der Waals surface area contributed by atoms with Gasteiger partial charge in [0.15, 0.2) is 0 Å². The minimum Gasteiger partial charge on any atom is -0.489 e. The molecular formula is C25H28N2O3. The molecule has 1 heterocycles. The fraction of sp³-hybridized carbons (Fsp3) is 0.280. The Morgan fingerprint density at radius 2 is 1.80 bits per heavy atom. The first kappa shape index (κ1) is 21.5. The third-order valence-electron chi connectivity index (χ3n) is 5.17. The second-order valence-electron chi connectivity index (χ2n) is 7.92. The van der Waals surface area contributed by atoms with Crippen molar-refractivity contribution in [2.45, 2.75) is 39.5 Å². The van der Waals surface area contributed by atoms with Gasteiger partial charge in [-0.3, -0.25) is 9.78 Å². The highest BCUT2D eigenvalue weighted by Crippen LogP contribution is 2.35. The fourth-order valence-corrected chi connectivity index (χ4v) is 3.14. The van der Waals surface area contributed by atoms with Crippen molar-refractivity contribution < 1.29 is 14.6 Å². The molecule has 0 spiro atoms. The lowest BCUT2D eigenvalue weighted by molar-refractivity contribution is -0.136. The van der Waals surface area contributed by atoms with Gasteiger partial charge in [-0.1, -0.05) is 48.5 Å². The highest BCUT2D eigenvalue weighted by molar-refractivity contribution is 5.83. The maximum absolute atomic E-state index is 12.9. The van der Waals surface area contributed by atoms with Gasteiger partial charge in [-0.15, -0.1) is 0 Å². The molecule has 5 heteroatoms. The Morgan fingerprint density at radius 3 is 2.50 bits per heavy atom. The van der Waals surface area contributed by atoms with Crippen LogP contribution >= 0.6 is 0 Å². The number of aliphatic hydroxyl groups is 1. The quantitative estimate of drug-likeness (QED) is 0.576. The smallest absolute Gasteiger partial charge is 0.229 e. The molecule has 2 atom stereocenters. The average molecular weight is 405 g/mol. The second kappa shape index (κ2) is 9.55. The zero-order valence-corrected chi connectivity index (χ0v) is 17.6. The Hall–Kier alpha value is -3.18. The van der Waals surface area contributed by atoms with Gasteiger partial charge in [0, 0.05) is 6.20 Å². The van der Waals surface area contributed by atoms with Crippen molar-refractivity contribution in [1.29, 1.82) is 0 Å². The van der Waals surface area contributed by atoms with Crippen LogP contribution in [0.2, 0.25) is 0 Å². The van der Waals surface area contributed by atoms with E-state index in [1.165, 1.54) is 0 Å². The summed E-state index contributed by atoms with van der Waals surface area (Å²) in [5.41, 5.74) is 1.42. The number of ether oxygens (including phenoxy) is 1. The number of carbonyl (C=O) groups excluding carboxylic acids is 1. The summed E-state index contributed by atoms with van der Waals surface area (Å²) in [5, 5.41) is 13.9. The van der Waals surface area contributed by atoms with Crippen molar-refractivity contribution in [2.75, 3.05) is 0 Å². The number of aromatic nitrogens is 1. The number of aliphatic hydroxyl groups excluding tert-OH is 1. The molecule has 0 bridgehead atoms. The third-order valence-corrected chi connectivity index (χ3v) is 5.17. The summed E-state index contributed by atoms with van der Waals surface area (Å²) in [6, 6.07) is 22.4. The van der Waals surface area contributed by atoms with E-state index < -0.39 is 11.5 Å². The van der Waals surface area contributed by atoms with E-state index in [1.807, 2.05) is 67.6 Å². The highest BCUT2D eigenvalue weighted by atomic mass is 16.5. The van der Waals surface area contributed by atoms with Crippen molar-refractivity contribution in [3.05, 3.63) is 95.8 Å². The van der Waals surface area contributed by atoms with Crippen molar-refractivity contribution >= 4 is 5.91 Å². The molecule has 0 fully saturated rings. The summed E-state index contributed by atoms with van der Waals surface area (Å²) >= 11 is 0. The van der Waals surface area contributed by atoms with Gasteiger partial charge in [-0.25, -0.2) is 0 Å². The Balaban J connectivity index is 1.67. The van der Waals surface area contributed by atoms with Crippen LogP contribution < -0.4 is 10.1 Å². The molecule has 2 aromatic carbocycles. The van der Waals surface area contributed by atoms with Gasteiger partial charge >= 0.3 is 0 Å². The van der Waals surface area contributed by atoms with Gasteiger partial charge in [0.05, 0.1) is 23.3 Å². The van der Waals surface area contributed by atoms with Crippen LogP contribution in [-0.4, -0.2) is 16.0 Å². The van der Waals surface area contributed by atoms with Gasteiger partial charge in [0.1, 0.15) is 12.4 Å². The lowest BCUT2D eigenvalue weighted by Crippen LogP contribution is -2.42. The summed E-state index contributed by atoms with van der Waals surface area (Å²) in [6.45, 7) is 5.78. The van der Waals surface area contributed by atoms with E-state index in [0.717, 1.165) is 11.3 Å². The number of amides is 1. The van der Waals surface area contributed by atoms with Crippen LogP contribution in [0.5, 0.6) is 5.75 Å². The molecule has 30 heavy (non-hydrogen) atoms. The number of hydrogen-bond acceptors (Lipinski definition) is 4. The van der Waals surface area contributed by atoms with Crippen molar-refractivity contribution in [2.24, 2.45) is 5.41 Å². The van der Waals surface area contributed by atoms with Gasteiger partial charge in [0.2, 0.25) is 5.91 Å². The van der Waals surface area contributed by atoms with Crippen molar-refractivity contribution in [3.8, 4) is 5.75 Å². The summed E-state index contributed by atoms with van der Waals surface area (Å²) < 4.78 is 5.86. The molecule has 0 aliphatic carbocycles. The molecule has 0 aliphatic heterocycles. The van der Waals surface area contributed by atoms with Gasteiger partial charge in [0.25, 0.3) is 0 Å². The van der Waals surface area contributed by atoms with Crippen LogP contribution in [0.15, 0.2) is 79.0 Å². The van der Waals surface area contributed by atoms with Crippen LogP contribution in [0.1, 0.15) is 49.7 Å². The Bertz CT molecular complexity index is 958. The molecule has 0 saturated carbocycles. The second-order valence-corrected chi connectivity index (χ2v) is 7.92. The number of rotatable bonds is 8. The fourth-order valence-electron chi connectivity index (χ4n) is 3.14. The van der Waals surface area contributed by atoms with Gasteiger partial charge in [-0.05, 0) is 56.2 Å². The maximum atomic E-state index is 12.9. The van der Waals surface area contributed by atoms with Gasteiger partial charge < -0.3 is 15.2 Å². The minimum absolute atomic E-state index is 0.247. The zero-order valence-electron chi connectivity index (χ0n) is 17.6. The SMILES string of the molecule is C[C@H](NC(=O)C(C)(C)[C@@H](O)c1cccc(OCc2ccccc2)c1)c1ccccn1. The first-order chi connectivity index (χ1) is 14.4. The number of nitrogens with one attached hydrogen (secondary N) is 1. The molecule has 0 radical (unpaired) electrons. The van der Waals surface area contributed by atoms with Crippen LogP contribution in [-0.2, 0) is 11.4 Å². The summed E-state index contributed by atoms with van der Waals surface area (Å²) in [5.74, 6) is 0.400. The van der Waals surface area contributed by atoms with Crippen molar-refractivity contribution in [1.82, 2.24) is 10.3 Å². The molecule has 5 nitrogen and oxygen atoms in total. The molecule has 0 aliphatic rings. The van der Waals surface area contributed by atoms with E-state index in [4.69, 9.17) is 4.74 Å². The van der Waals surface area contributed by atoms with E-state index in [1.54, 1.807) is 32.2 Å². The first-order valence-electron chi connectivity index (χ1n) is 10.0. The molecule has 3 aromatic rings. The minimum atomic E-state index is -1.04. The van der Waals surface area contributed by atoms with Crippen LogP contribution in [0.3, 0.4) is 0 Å². The van der Waals surface area contributed by atoms with Crippen LogP contribution in [0.4, 0.5) is 0 Å². The predicted octanol–water partition coefficient (Wildman–Crippen LogP) is 4.60. The lowest BCUT2D eigenvalue weighted by atomic mass is 9.81. The summed E-state index contributed by atoms with van der Waals surface area (Å²) in [6.07, 6.45) is 0.701. The van der Waals surface area contributed by atoms with E-state index in [0.29, 0.717) is 17.9 Å². The molecule has 1 amide bonds. The van der Waals surface area contributed by atoms with Crippen LogP contribution in [0.25, 0.3) is 0 Å². The topological polar surface area (TPSA) is 71.5 Å². The lowest BCUT2D eigenvalue weighted by Gasteiger charge is -2.31. The molecule has 0 saturated heterocycles. The standard InChI is InChI=1S/C25H28N2O3/c1-18(22-14-7-8-15-26-22)27-24(29)25(2,3)23(28)20-12-9-13-21(16-20)30-17-19-10-5-4-6-11-19/h4-16,18,23,28H,17H2,1-3H3,(H,27,29)/t18-,23-/m0/s1. The average Bonchev–Trinajstić information content (AvgIpc) is 2.78. The molecule has 1 aromatic heterocycles. The number of carbonyl (C=O) groups is 1. The highest BCUT2D eigenvalue weighted by Gasteiger charge is 2.37. The predicted molar refractivity (Wildman–Crippen MR) is 117 cm³/mol. The largest absolute Gasteiger partial charge is 0.489 e. The zero-order chi connectivity index (χ0) is 21.6. The monoisotopic (exact) mass is 404 g/mol. The Kier molecular flexibility index (Phi) is 6.85. The number of nitrogens with zero attached hydrogens (tertiary/aromatic N) is 1. The number of benzene rings is 2. The Morgan fingerprint density at radius 1 is 1.07 bits per heavy atom. The van der Waals surface area contributed by atoms with E-state index in [2.05, 4.69) is 10.3 Å². The number of pyridine rings is 1. The summed E-state index contributed by atoms with van der Waals surface area (Å²) in [4.78, 5) is 17.2. The molecule has 2 N–H and O–H groups in total. The molecule has 0 unspecified atom stereocenters. The van der Waals surface area contributed by atoms with Crippen LogP contribution in [0, 0.1) is 5.41 Å². The first-order valence-corrected chi connectivity index (χ1v) is 10.0. The third kappa shape index (κ3) is 5.24. The van der Waals surface area contributed by atoms with E-state index in [-0.39, 0.29) is 11.9 Å². The normalized spacial score (nSPS) is 13.3. The maximum Gasteiger partial charge on any atom is 0.229 e. The summed E-state index contributed by atoms with van der Waals surface area (Å²) in [7, 11) is 0. The molecule has 3 rings (SSSR count). The van der Waals surface area contributed by atoms with Gasteiger partial charge in [-0.2, -0.15) is 0 Å². The Labute approximate surface area is 177 Å². The molecule has 156 valence electrons. The number of hydrogen-bond donors (Lipinski definition) is 2. The molecular weight excluding hydrogens is 376 g/mol. The van der Waals surface area contributed by atoms with E-state index >= 15 is 0 Å².